The van der Waals surface area contributed by atoms with Gasteiger partial charge in [0, 0.05) is 22.3 Å². The smallest absolute Gasteiger partial charge is 0.340 e. The molecule has 4 aromatic carbocycles. The SMILES string of the molecule is COc1cc2c(c(/C=C/c3cccc4ccccc34)c1C(=O)O)C(=O)c1c(O)cccc1C2=O. The summed E-state index contributed by atoms with van der Waals surface area (Å²) >= 11 is 0. The van der Waals surface area contributed by atoms with Crippen LogP contribution in [-0.2, 0) is 0 Å². The Bertz CT molecular complexity index is 1560. The summed E-state index contributed by atoms with van der Waals surface area (Å²) in [6.45, 7) is 0. The lowest BCUT2D eigenvalue weighted by Gasteiger charge is -2.22. The molecule has 1 aliphatic carbocycles. The summed E-state index contributed by atoms with van der Waals surface area (Å²) < 4.78 is 5.30. The van der Waals surface area contributed by atoms with Crippen LogP contribution in [-0.4, -0.2) is 34.9 Å². The zero-order valence-electron chi connectivity index (χ0n) is 18.0. The number of carbonyl (C=O) groups excluding carboxylic acids is 2. The van der Waals surface area contributed by atoms with Crippen molar-refractivity contribution in [2.75, 3.05) is 7.11 Å². The van der Waals surface area contributed by atoms with Crippen molar-refractivity contribution >= 4 is 40.5 Å². The first-order chi connectivity index (χ1) is 16.4. The number of hydrogen-bond donors (Lipinski definition) is 2. The Balaban J connectivity index is 1.81. The summed E-state index contributed by atoms with van der Waals surface area (Å²) in [6, 6.07) is 19.0. The van der Waals surface area contributed by atoms with Crippen molar-refractivity contribution in [3.8, 4) is 11.5 Å². The Morgan fingerprint density at radius 1 is 0.853 bits per heavy atom. The number of carboxylic acids is 1. The number of rotatable bonds is 4. The molecule has 0 aliphatic heterocycles. The van der Waals surface area contributed by atoms with Crippen LogP contribution in [0.25, 0.3) is 22.9 Å². The summed E-state index contributed by atoms with van der Waals surface area (Å²) in [5, 5.41) is 22.3. The number of aromatic hydroxyl groups is 1. The molecule has 0 bridgehead atoms. The van der Waals surface area contributed by atoms with E-state index >= 15 is 0 Å². The van der Waals surface area contributed by atoms with E-state index in [0.717, 1.165) is 16.3 Å². The van der Waals surface area contributed by atoms with Crippen molar-refractivity contribution in [2.45, 2.75) is 0 Å². The molecule has 2 N–H and O–H groups in total. The maximum Gasteiger partial charge on any atom is 0.340 e. The third-order valence-corrected chi connectivity index (χ3v) is 6.00. The van der Waals surface area contributed by atoms with Crippen LogP contribution in [0.2, 0.25) is 0 Å². The van der Waals surface area contributed by atoms with Crippen LogP contribution in [0.3, 0.4) is 0 Å². The van der Waals surface area contributed by atoms with Gasteiger partial charge in [0.15, 0.2) is 11.6 Å². The predicted octanol–water partition coefficient (Wildman–Crippen LogP) is 5.20. The maximum absolute atomic E-state index is 13.5. The number of carboxylic acid groups (broad SMARTS) is 1. The molecule has 6 nitrogen and oxygen atoms in total. The second kappa shape index (κ2) is 8.01. The van der Waals surface area contributed by atoms with Gasteiger partial charge in [-0.3, -0.25) is 9.59 Å². The molecule has 0 saturated carbocycles. The number of carbonyl (C=O) groups is 3. The van der Waals surface area contributed by atoms with Gasteiger partial charge in [-0.2, -0.15) is 0 Å². The summed E-state index contributed by atoms with van der Waals surface area (Å²) in [5.41, 5.74) is 0.493. The molecule has 0 amide bonds. The zero-order chi connectivity index (χ0) is 24.0. The van der Waals surface area contributed by atoms with Crippen LogP contribution in [0.15, 0.2) is 66.7 Å². The summed E-state index contributed by atoms with van der Waals surface area (Å²) in [4.78, 5) is 39.0. The van der Waals surface area contributed by atoms with Crippen molar-refractivity contribution in [1.29, 1.82) is 0 Å². The standard InChI is InChI=1S/C28H18O6/c1-34-22-14-20-23(27(31)24-19(26(20)30)10-5-11-21(24)29)18(25(22)28(32)33)13-12-16-8-4-7-15-6-2-3-9-17(15)16/h2-14,29H,1H3,(H,32,33)/b13-12+. The number of fused-ring (bicyclic) bond motifs is 3. The Hall–Kier alpha value is -4.71. The molecule has 166 valence electrons. The predicted molar refractivity (Wildman–Crippen MR) is 128 cm³/mol. The van der Waals surface area contributed by atoms with Gasteiger partial charge in [0.1, 0.15) is 17.1 Å². The molecule has 6 heteroatoms. The molecular formula is C28H18O6. The Labute approximate surface area is 194 Å². The molecule has 0 unspecified atom stereocenters. The number of aromatic carboxylic acids is 1. The lowest BCUT2D eigenvalue weighted by atomic mass is 9.79. The van der Waals surface area contributed by atoms with E-state index in [1.165, 1.54) is 37.5 Å². The fourth-order valence-corrected chi connectivity index (χ4v) is 4.46. The van der Waals surface area contributed by atoms with Gasteiger partial charge >= 0.3 is 5.97 Å². The average Bonchev–Trinajstić information content (AvgIpc) is 2.84. The first kappa shape index (κ1) is 21.2. The van der Waals surface area contributed by atoms with Gasteiger partial charge in [-0.25, -0.2) is 4.79 Å². The number of hydrogen-bond acceptors (Lipinski definition) is 5. The Kier molecular flexibility index (Phi) is 4.98. The van der Waals surface area contributed by atoms with E-state index in [4.69, 9.17) is 4.74 Å². The molecule has 4 aromatic rings. The van der Waals surface area contributed by atoms with Gasteiger partial charge < -0.3 is 14.9 Å². The van der Waals surface area contributed by atoms with Crippen LogP contribution in [0, 0.1) is 0 Å². The molecule has 0 saturated heterocycles. The largest absolute Gasteiger partial charge is 0.507 e. The van der Waals surface area contributed by atoms with Crippen molar-refractivity contribution in [3.63, 3.8) is 0 Å². The first-order valence-corrected chi connectivity index (χ1v) is 10.5. The highest BCUT2D eigenvalue weighted by atomic mass is 16.5. The monoisotopic (exact) mass is 450 g/mol. The van der Waals surface area contributed by atoms with E-state index in [1.54, 1.807) is 6.08 Å². The number of phenolic OH excluding ortho intramolecular Hbond substituents is 1. The molecule has 1 aliphatic rings. The molecule has 0 heterocycles. The highest BCUT2D eigenvalue weighted by molar-refractivity contribution is 6.31. The van der Waals surface area contributed by atoms with Crippen LogP contribution >= 0.6 is 0 Å². The highest BCUT2D eigenvalue weighted by Crippen LogP contribution is 2.39. The van der Waals surface area contributed by atoms with Crippen molar-refractivity contribution in [2.24, 2.45) is 0 Å². The lowest BCUT2D eigenvalue weighted by molar-refractivity contribution is 0.0692. The van der Waals surface area contributed by atoms with Gasteiger partial charge in [0.2, 0.25) is 0 Å². The van der Waals surface area contributed by atoms with E-state index in [0.29, 0.717) is 0 Å². The van der Waals surface area contributed by atoms with E-state index in [1.807, 2.05) is 42.5 Å². The van der Waals surface area contributed by atoms with E-state index < -0.39 is 17.5 Å². The molecule has 0 fully saturated rings. The second-order valence-electron chi connectivity index (χ2n) is 7.85. The minimum Gasteiger partial charge on any atom is -0.507 e. The third-order valence-electron chi connectivity index (χ3n) is 6.00. The van der Waals surface area contributed by atoms with Gasteiger partial charge in [-0.1, -0.05) is 66.7 Å². The van der Waals surface area contributed by atoms with Crippen molar-refractivity contribution < 1.29 is 29.3 Å². The molecule has 0 spiro atoms. The van der Waals surface area contributed by atoms with Crippen molar-refractivity contribution in [3.05, 3.63) is 106 Å². The van der Waals surface area contributed by atoms with E-state index in [-0.39, 0.29) is 44.9 Å². The maximum atomic E-state index is 13.5. The van der Waals surface area contributed by atoms with Crippen LogP contribution < -0.4 is 4.74 Å². The second-order valence-corrected chi connectivity index (χ2v) is 7.85. The molecular weight excluding hydrogens is 432 g/mol. The highest BCUT2D eigenvalue weighted by Gasteiger charge is 2.36. The number of phenols is 1. The van der Waals surface area contributed by atoms with Crippen LogP contribution in [0.1, 0.15) is 53.3 Å². The number of ketones is 2. The molecule has 0 atom stereocenters. The van der Waals surface area contributed by atoms with Crippen molar-refractivity contribution in [1.82, 2.24) is 0 Å². The Morgan fingerprint density at radius 2 is 1.59 bits per heavy atom. The quantitative estimate of drug-likeness (QED) is 0.365. The van der Waals surface area contributed by atoms with E-state index in [2.05, 4.69) is 0 Å². The van der Waals surface area contributed by atoms with Gasteiger partial charge in [-0.15, -0.1) is 0 Å². The molecule has 34 heavy (non-hydrogen) atoms. The number of methoxy groups -OCH3 is 1. The molecule has 0 radical (unpaired) electrons. The minimum absolute atomic E-state index is 0.0301. The van der Waals surface area contributed by atoms with Crippen LogP contribution in [0.4, 0.5) is 0 Å². The summed E-state index contributed by atoms with van der Waals surface area (Å²) in [6.07, 6.45) is 3.23. The molecule has 5 rings (SSSR count). The topological polar surface area (TPSA) is 101 Å². The normalized spacial score (nSPS) is 12.6. The van der Waals surface area contributed by atoms with Gasteiger partial charge in [0.25, 0.3) is 0 Å². The van der Waals surface area contributed by atoms with Crippen LogP contribution in [0.5, 0.6) is 11.5 Å². The van der Waals surface area contributed by atoms with Gasteiger partial charge in [-0.05, 0) is 28.5 Å². The zero-order valence-corrected chi connectivity index (χ0v) is 18.0. The fourth-order valence-electron chi connectivity index (χ4n) is 4.46. The fraction of sp³-hybridized carbons (Fsp3) is 0.0357. The Morgan fingerprint density at radius 3 is 2.35 bits per heavy atom. The van der Waals surface area contributed by atoms with E-state index in [9.17, 15) is 24.6 Å². The third kappa shape index (κ3) is 3.16. The lowest BCUT2D eigenvalue weighted by Crippen LogP contribution is -2.24. The summed E-state index contributed by atoms with van der Waals surface area (Å²) in [5.74, 6) is -2.78. The van der Waals surface area contributed by atoms with Gasteiger partial charge in [0.05, 0.1) is 12.7 Å². The molecule has 0 aromatic heterocycles. The number of ether oxygens (including phenoxy) is 1. The average molecular weight is 450 g/mol. The summed E-state index contributed by atoms with van der Waals surface area (Å²) in [7, 11) is 1.31. The number of benzene rings is 4. The minimum atomic E-state index is -1.31. The first-order valence-electron chi connectivity index (χ1n) is 10.5.